The number of aliphatic carboxylic acids is 3. The molecule has 2 heterocycles. The first-order valence-electron chi connectivity index (χ1n) is 9.98. The number of carboxylic acid groups (broad SMARTS) is 3. The van der Waals surface area contributed by atoms with Gasteiger partial charge in [0.25, 0.3) is 5.79 Å². The number of unbranched alkanes of at least 4 members (excludes halogenated alkanes) is 6. The van der Waals surface area contributed by atoms with Crippen LogP contribution in [0.1, 0.15) is 71.1 Å². The number of ketones is 1. The van der Waals surface area contributed by atoms with E-state index >= 15 is 0 Å². The van der Waals surface area contributed by atoms with Crippen molar-refractivity contribution < 1.29 is 44.0 Å². The van der Waals surface area contributed by atoms with Gasteiger partial charge in [-0.2, -0.15) is 0 Å². The van der Waals surface area contributed by atoms with E-state index in [2.05, 4.69) is 6.92 Å². The van der Waals surface area contributed by atoms with Gasteiger partial charge < -0.3 is 24.8 Å². The van der Waals surface area contributed by atoms with Crippen LogP contribution in [0.5, 0.6) is 0 Å². The third-order valence-corrected chi connectivity index (χ3v) is 5.54. The molecule has 162 valence electrons. The van der Waals surface area contributed by atoms with Gasteiger partial charge in [0.2, 0.25) is 5.78 Å². The van der Waals surface area contributed by atoms with Gasteiger partial charge in [-0.05, 0) is 12.8 Å². The van der Waals surface area contributed by atoms with Crippen LogP contribution in [-0.4, -0.2) is 50.4 Å². The van der Waals surface area contributed by atoms with Crippen molar-refractivity contribution in [3.8, 4) is 0 Å². The molecule has 3 N–H and O–H groups in total. The fourth-order valence-corrected chi connectivity index (χ4v) is 3.95. The van der Waals surface area contributed by atoms with Crippen LogP contribution in [0.4, 0.5) is 0 Å². The van der Waals surface area contributed by atoms with Crippen molar-refractivity contribution in [2.24, 2.45) is 5.92 Å². The minimum absolute atomic E-state index is 0.305. The lowest BCUT2D eigenvalue weighted by molar-refractivity contribution is -0.224. The number of carbonyl (C=O) groups is 4. The van der Waals surface area contributed by atoms with Crippen molar-refractivity contribution in [1.29, 1.82) is 0 Å². The van der Waals surface area contributed by atoms with Gasteiger partial charge in [-0.1, -0.05) is 45.4 Å². The molecule has 2 aliphatic rings. The number of carbonyl (C=O) groups excluding carboxylic acids is 1. The minimum Gasteiger partial charge on any atom is -0.481 e. The predicted molar refractivity (Wildman–Crippen MR) is 99.0 cm³/mol. The van der Waals surface area contributed by atoms with Crippen molar-refractivity contribution in [3.63, 3.8) is 0 Å². The molecular weight excluding hydrogens is 384 g/mol. The normalized spacial score (nSPS) is 28.4. The average molecular weight is 412 g/mol. The molecule has 0 aromatic rings. The van der Waals surface area contributed by atoms with Crippen molar-refractivity contribution in [3.05, 3.63) is 11.8 Å². The second-order valence-electron chi connectivity index (χ2n) is 7.68. The van der Waals surface area contributed by atoms with E-state index in [1.54, 1.807) is 0 Å². The number of carboxylic acids is 3. The Morgan fingerprint density at radius 1 is 1.07 bits per heavy atom. The Bertz CT molecular complexity index is 698. The molecule has 1 spiro atoms. The Morgan fingerprint density at radius 2 is 1.69 bits per heavy atom. The van der Waals surface area contributed by atoms with Gasteiger partial charge >= 0.3 is 17.9 Å². The maximum Gasteiger partial charge on any atom is 0.337 e. The molecule has 0 bridgehead atoms. The highest BCUT2D eigenvalue weighted by molar-refractivity contribution is 6.04. The topological polar surface area (TPSA) is 147 Å². The maximum absolute atomic E-state index is 12.8. The summed E-state index contributed by atoms with van der Waals surface area (Å²) in [5.41, 5.74) is -2.27. The zero-order valence-electron chi connectivity index (χ0n) is 16.5. The van der Waals surface area contributed by atoms with E-state index < -0.39 is 53.8 Å². The zero-order chi connectivity index (χ0) is 21.7. The van der Waals surface area contributed by atoms with Crippen LogP contribution < -0.4 is 0 Å². The van der Waals surface area contributed by atoms with Gasteiger partial charge in [0, 0.05) is 12.0 Å². The van der Waals surface area contributed by atoms with Crippen LogP contribution in [0.2, 0.25) is 0 Å². The molecule has 1 fully saturated rings. The fourth-order valence-electron chi connectivity index (χ4n) is 3.95. The molecule has 29 heavy (non-hydrogen) atoms. The summed E-state index contributed by atoms with van der Waals surface area (Å²) in [6, 6.07) is 0. The molecule has 0 aromatic heterocycles. The molecule has 0 saturated carbocycles. The summed E-state index contributed by atoms with van der Waals surface area (Å²) in [5.74, 6) is -9.29. The lowest BCUT2D eigenvalue weighted by Crippen LogP contribution is -2.50. The highest BCUT2D eigenvalue weighted by atomic mass is 16.7. The van der Waals surface area contributed by atoms with Crippen LogP contribution in [0.25, 0.3) is 0 Å². The van der Waals surface area contributed by atoms with Crippen LogP contribution >= 0.6 is 0 Å². The first-order valence-corrected chi connectivity index (χ1v) is 9.98. The monoisotopic (exact) mass is 412 g/mol. The SMILES string of the molecule is CCCCCCCCCC1=CO[C@@]2(C[C@@H](C(=O)O)[C@](CC(=O)O)(C(=O)O)O2)C1=O. The van der Waals surface area contributed by atoms with E-state index in [1.807, 2.05) is 0 Å². The Morgan fingerprint density at radius 3 is 2.24 bits per heavy atom. The second kappa shape index (κ2) is 9.39. The van der Waals surface area contributed by atoms with Crippen LogP contribution in [0.15, 0.2) is 11.8 Å². The quantitative estimate of drug-likeness (QED) is 0.411. The molecule has 0 aliphatic carbocycles. The number of hydrogen-bond acceptors (Lipinski definition) is 6. The number of ether oxygens (including phenoxy) is 2. The van der Waals surface area contributed by atoms with Gasteiger partial charge in [-0.15, -0.1) is 0 Å². The Kier molecular flexibility index (Phi) is 7.40. The second-order valence-corrected chi connectivity index (χ2v) is 7.68. The minimum atomic E-state index is -2.57. The molecule has 3 atom stereocenters. The summed E-state index contributed by atoms with van der Waals surface area (Å²) in [6.45, 7) is 2.14. The van der Waals surface area contributed by atoms with E-state index in [4.69, 9.17) is 14.6 Å². The first kappa shape index (κ1) is 22.9. The summed E-state index contributed by atoms with van der Waals surface area (Å²) < 4.78 is 10.7. The van der Waals surface area contributed by atoms with Gasteiger partial charge in [0.05, 0.1) is 12.7 Å². The molecule has 9 heteroatoms. The van der Waals surface area contributed by atoms with Crippen molar-refractivity contribution in [2.45, 2.75) is 82.5 Å². The number of Topliss-reactive ketones (excluding diaryl/α,β-unsaturated/α-hetero) is 1. The van der Waals surface area contributed by atoms with Crippen LogP contribution in [0.3, 0.4) is 0 Å². The van der Waals surface area contributed by atoms with Crippen LogP contribution in [0, 0.1) is 5.92 Å². The third kappa shape index (κ3) is 4.77. The zero-order valence-corrected chi connectivity index (χ0v) is 16.5. The molecule has 2 aliphatic heterocycles. The van der Waals surface area contributed by atoms with Crippen molar-refractivity contribution >= 4 is 23.7 Å². The molecule has 1 saturated heterocycles. The lowest BCUT2D eigenvalue weighted by Gasteiger charge is -2.28. The molecule has 0 unspecified atom stereocenters. The molecular formula is C20H28O9. The van der Waals surface area contributed by atoms with E-state index in [0.29, 0.717) is 12.0 Å². The van der Waals surface area contributed by atoms with Crippen molar-refractivity contribution in [1.82, 2.24) is 0 Å². The highest BCUT2D eigenvalue weighted by Crippen LogP contribution is 2.49. The average Bonchev–Trinajstić information content (AvgIpc) is 3.13. The maximum atomic E-state index is 12.8. The predicted octanol–water partition coefficient (Wildman–Crippen LogP) is 2.73. The Labute approximate surface area is 168 Å². The van der Waals surface area contributed by atoms with Gasteiger partial charge in [-0.3, -0.25) is 14.4 Å². The van der Waals surface area contributed by atoms with Crippen LogP contribution in [-0.2, 0) is 28.7 Å². The standard InChI is InChI=1S/C20H28O9/c1-2-3-4-5-6-7-8-9-13-12-28-20(16(13)23)10-14(17(24)25)19(29-20,18(26)27)11-15(21)22/h12,14H,2-11H2,1H3,(H,21,22)(H,24,25)(H,26,27)/t14-,19+,20+/m0/s1. The molecule has 0 radical (unpaired) electrons. The number of hydrogen-bond donors (Lipinski definition) is 3. The highest BCUT2D eigenvalue weighted by Gasteiger charge is 2.69. The molecule has 9 nitrogen and oxygen atoms in total. The largest absolute Gasteiger partial charge is 0.481 e. The van der Waals surface area contributed by atoms with E-state index in [1.165, 1.54) is 19.1 Å². The smallest absolute Gasteiger partial charge is 0.337 e. The van der Waals surface area contributed by atoms with E-state index in [-0.39, 0.29) is 0 Å². The summed E-state index contributed by atoms with van der Waals surface area (Å²) in [7, 11) is 0. The third-order valence-electron chi connectivity index (χ3n) is 5.54. The van der Waals surface area contributed by atoms with E-state index in [0.717, 1.165) is 32.1 Å². The van der Waals surface area contributed by atoms with Gasteiger partial charge in [-0.25, -0.2) is 4.79 Å². The molecule has 0 amide bonds. The van der Waals surface area contributed by atoms with E-state index in [9.17, 15) is 29.4 Å². The van der Waals surface area contributed by atoms with Crippen molar-refractivity contribution in [2.75, 3.05) is 0 Å². The Hall–Kier alpha value is -2.42. The fraction of sp³-hybridized carbons (Fsp3) is 0.700. The summed E-state index contributed by atoms with van der Waals surface area (Å²) in [6.07, 6.45) is 7.33. The van der Waals surface area contributed by atoms with Gasteiger partial charge in [0.1, 0.15) is 5.92 Å². The summed E-state index contributed by atoms with van der Waals surface area (Å²) in [5, 5.41) is 28.1. The number of rotatable bonds is 12. The summed E-state index contributed by atoms with van der Waals surface area (Å²) in [4.78, 5) is 47.4. The lowest BCUT2D eigenvalue weighted by atomic mass is 9.83. The molecule has 0 aromatic carbocycles. The van der Waals surface area contributed by atoms with Gasteiger partial charge in [0.15, 0.2) is 5.60 Å². The molecule has 2 rings (SSSR count). The first-order chi connectivity index (χ1) is 13.7. The Balaban J connectivity index is 2.04. The summed E-state index contributed by atoms with van der Waals surface area (Å²) >= 11 is 0.